The highest BCUT2D eigenvalue weighted by atomic mass is 28.4. The predicted octanol–water partition coefficient (Wildman–Crippen LogP) is 4.35. The van der Waals surface area contributed by atoms with Gasteiger partial charge in [-0.15, -0.1) is 6.58 Å². The van der Waals surface area contributed by atoms with Crippen LogP contribution in [0, 0.1) is 0 Å². The highest BCUT2D eigenvalue weighted by molar-refractivity contribution is 7.07. The van der Waals surface area contributed by atoms with Crippen molar-refractivity contribution in [2.24, 2.45) is 0 Å². The van der Waals surface area contributed by atoms with Crippen LogP contribution in [0.1, 0.15) is 6.42 Å². The molecule has 0 aliphatic carbocycles. The van der Waals surface area contributed by atoms with Crippen molar-refractivity contribution in [2.45, 2.75) is 6.42 Å². The molecule has 0 aliphatic rings. The number of benzene rings is 3. The normalized spacial score (nSPS) is 10.9. The lowest BCUT2D eigenvalue weighted by molar-refractivity contribution is 0.325. The van der Waals surface area contributed by atoms with E-state index in [2.05, 4.69) is 6.58 Å². The molecule has 0 aromatic heterocycles. The molecule has 0 unspecified atom stereocenters. The first-order valence-corrected chi connectivity index (χ1v) is 10.6. The van der Waals surface area contributed by atoms with Gasteiger partial charge in [-0.05, 0) is 15.6 Å². The first kappa shape index (κ1) is 18.8. The molecular formula is C23H20F2OSi. The van der Waals surface area contributed by atoms with E-state index in [-0.39, 0.29) is 12.2 Å². The quantitative estimate of drug-likeness (QED) is 0.257. The fourth-order valence-electron chi connectivity index (χ4n) is 3.17. The molecule has 136 valence electrons. The monoisotopic (exact) mass is 378 g/mol. The van der Waals surface area contributed by atoms with Gasteiger partial charge in [0.05, 0.1) is 0 Å². The molecule has 0 atom stereocenters. The molecule has 0 radical (unpaired) electrons. The molecule has 0 saturated carbocycles. The van der Waals surface area contributed by atoms with Crippen molar-refractivity contribution in [2.75, 3.05) is 0 Å². The number of halogens is 2. The molecule has 0 bridgehead atoms. The fourth-order valence-corrected chi connectivity index (χ4v) is 7.04. The molecule has 0 saturated heterocycles. The first-order valence-electron chi connectivity index (χ1n) is 8.69. The number of rotatable bonds is 7. The molecular weight excluding hydrogens is 358 g/mol. The van der Waals surface area contributed by atoms with Crippen molar-refractivity contribution in [3.63, 3.8) is 0 Å². The lowest BCUT2D eigenvalue weighted by Crippen LogP contribution is -2.69. The van der Waals surface area contributed by atoms with Gasteiger partial charge in [-0.3, -0.25) is 0 Å². The van der Waals surface area contributed by atoms with Gasteiger partial charge in [-0.25, -0.2) is 0 Å². The third-order valence-corrected chi connectivity index (χ3v) is 8.35. The molecule has 0 fully saturated rings. The molecule has 0 spiro atoms. The Morgan fingerprint density at radius 2 is 1.11 bits per heavy atom. The van der Waals surface area contributed by atoms with Crippen LogP contribution in [-0.4, -0.2) is 8.32 Å². The molecule has 27 heavy (non-hydrogen) atoms. The van der Waals surface area contributed by atoms with Gasteiger partial charge < -0.3 is 4.43 Å². The van der Waals surface area contributed by atoms with Crippen molar-refractivity contribution < 1.29 is 13.2 Å². The van der Waals surface area contributed by atoms with E-state index in [0.717, 1.165) is 15.6 Å². The van der Waals surface area contributed by atoms with E-state index >= 15 is 0 Å². The molecule has 1 nitrogen and oxygen atoms in total. The summed E-state index contributed by atoms with van der Waals surface area (Å²) in [5.41, 5.74) is 0. The second-order valence-corrected chi connectivity index (χ2v) is 9.36. The SMILES string of the molecule is C=CCC(O[Si](c1ccccc1)(c1ccccc1)c1ccccc1)=C(F)F. The fraction of sp³-hybridized carbons (Fsp3) is 0.0435. The van der Waals surface area contributed by atoms with Crippen molar-refractivity contribution >= 4 is 23.9 Å². The van der Waals surface area contributed by atoms with E-state index in [1.807, 2.05) is 91.0 Å². The van der Waals surface area contributed by atoms with E-state index < -0.39 is 14.4 Å². The zero-order valence-corrected chi connectivity index (χ0v) is 15.8. The zero-order valence-electron chi connectivity index (χ0n) is 14.8. The molecule has 3 rings (SSSR count). The summed E-state index contributed by atoms with van der Waals surface area (Å²) in [6.45, 7) is 3.60. The Morgan fingerprint density at radius 3 is 1.41 bits per heavy atom. The second-order valence-electron chi connectivity index (χ2n) is 6.06. The van der Waals surface area contributed by atoms with E-state index in [9.17, 15) is 8.78 Å². The Morgan fingerprint density at radius 1 is 0.741 bits per heavy atom. The Kier molecular flexibility index (Phi) is 5.99. The van der Waals surface area contributed by atoms with Crippen LogP contribution in [0.3, 0.4) is 0 Å². The molecule has 0 aliphatic heterocycles. The third kappa shape index (κ3) is 3.91. The molecule has 0 amide bonds. The van der Waals surface area contributed by atoms with E-state index in [0.29, 0.717) is 0 Å². The van der Waals surface area contributed by atoms with Gasteiger partial charge in [0.2, 0.25) is 0 Å². The zero-order chi connectivity index (χ0) is 19.1. The van der Waals surface area contributed by atoms with Crippen molar-refractivity contribution in [3.8, 4) is 0 Å². The largest absolute Gasteiger partial charge is 0.529 e. The Balaban J connectivity index is 2.32. The van der Waals surface area contributed by atoms with Crippen LogP contribution in [0.25, 0.3) is 0 Å². The van der Waals surface area contributed by atoms with Gasteiger partial charge in [0, 0.05) is 6.42 Å². The Bertz CT molecular complexity index is 808. The average molecular weight is 378 g/mol. The van der Waals surface area contributed by atoms with Crippen LogP contribution in [0.4, 0.5) is 8.78 Å². The van der Waals surface area contributed by atoms with E-state index in [1.54, 1.807) is 0 Å². The molecule has 0 N–H and O–H groups in total. The van der Waals surface area contributed by atoms with Crippen LogP contribution in [0.15, 0.2) is 115 Å². The van der Waals surface area contributed by atoms with Gasteiger partial charge in [0.25, 0.3) is 0 Å². The van der Waals surface area contributed by atoms with Crippen LogP contribution < -0.4 is 15.6 Å². The summed E-state index contributed by atoms with van der Waals surface area (Å²) in [4.78, 5) is 0. The summed E-state index contributed by atoms with van der Waals surface area (Å²) >= 11 is 0. The third-order valence-electron chi connectivity index (χ3n) is 4.36. The lowest BCUT2D eigenvalue weighted by atomic mass is 10.3. The second kappa shape index (κ2) is 8.60. The summed E-state index contributed by atoms with van der Waals surface area (Å²) in [6, 6.07) is 28.9. The number of allylic oxidation sites excluding steroid dienone is 1. The maximum absolute atomic E-state index is 13.7. The summed E-state index contributed by atoms with van der Waals surface area (Å²) in [7, 11) is -3.17. The van der Waals surface area contributed by atoms with Crippen LogP contribution in [0.5, 0.6) is 0 Å². The highest BCUT2D eigenvalue weighted by Gasteiger charge is 2.44. The standard InChI is InChI=1S/C23H20F2OSi/c1-2-12-22(23(24)25)26-27(19-13-6-3-7-14-19,20-15-8-4-9-16-20)21-17-10-5-11-18-21/h2-11,13-18H,1,12H2. The number of hydrogen-bond donors (Lipinski definition) is 0. The van der Waals surface area contributed by atoms with Crippen molar-refractivity contribution in [1.29, 1.82) is 0 Å². The van der Waals surface area contributed by atoms with Crippen LogP contribution in [-0.2, 0) is 4.43 Å². The van der Waals surface area contributed by atoms with Gasteiger partial charge in [0.1, 0.15) is 0 Å². The minimum atomic E-state index is -3.17. The predicted molar refractivity (Wildman–Crippen MR) is 109 cm³/mol. The highest BCUT2D eigenvalue weighted by Crippen LogP contribution is 2.21. The Labute approximate surface area is 159 Å². The molecule has 3 aromatic rings. The Hall–Kier alpha value is -2.98. The molecule has 0 heterocycles. The lowest BCUT2D eigenvalue weighted by Gasteiger charge is -2.34. The average Bonchev–Trinajstić information content (AvgIpc) is 2.73. The first-order chi connectivity index (χ1) is 13.2. The number of hydrogen-bond acceptors (Lipinski definition) is 1. The smallest absolute Gasteiger partial charge is 0.346 e. The minimum absolute atomic E-state index is 0.0242. The minimum Gasteiger partial charge on any atom is -0.529 e. The van der Waals surface area contributed by atoms with Gasteiger partial charge in [-0.2, -0.15) is 8.78 Å². The van der Waals surface area contributed by atoms with Crippen LogP contribution >= 0.6 is 0 Å². The molecule has 3 aromatic carbocycles. The summed E-state index contributed by atoms with van der Waals surface area (Å²) in [5, 5.41) is 2.72. The van der Waals surface area contributed by atoms with Crippen molar-refractivity contribution in [3.05, 3.63) is 115 Å². The van der Waals surface area contributed by atoms with Crippen LogP contribution in [0.2, 0.25) is 0 Å². The van der Waals surface area contributed by atoms with Gasteiger partial charge in [-0.1, -0.05) is 97.1 Å². The van der Waals surface area contributed by atoms with E-state index in [1.165, 1.54) is 6.08 Å². The topological polar surface area (TPSA) is 9.23 Å². The van der Waals surface area contributed by atoms with Gasteiger partial charge >= 0.3 is 14.4 Å². The summed E-state index contributed by atoms with van der Waals surface area (Å²) < 4.78 is 33.7. The van der Waals surface area contributed by atoms with Gasteiger partial charge in [0.15, 0.2) is 5.76 Å². The maximum Gasteiger partial charge on any atom is 0.346 e. The summed E-state index contributed by atoms with van der Waals surface area (Å²) in [6.07, 6.45) is -0.396. The maximum atomic E-state index is 13.7. The molecule has 4 heteroatoms. The van der Waals surface area contributed by atoms with Crippen molar-refractivity contribution in [1.82, 2.24) is 0 Å². The van der Waals surface area contributed by atoms with E-state index in [4.69, 9.17) is 4.43 Å². The summed E-state index contributed by atoms with van der Waals surface area (Å²) in [5.74, 6) is -0.326.